The van der Waals surface area contributed by atoms with E-state index in [1.165, 1.54) is 10.4 Å². The van der Waals surface area contributed by atoms with Crippen molar-refractivity contribution in [3.63, 3.8) is 0 Å². The summed E-state index contributed by atoms with van der Waals surface area (Å²) in [6.07, 6.45) is 0. The largest absolute Gasteiger partial charge is 0.399 e. The minimum absolute atomic E-state index is 0.328. The Labute approximate surface area is 117 Å². The molecule has 0 saturated carbocycles. The second kappa shape index (κ2) is 5.74. The van der Waals surface area contributed by atoms with Crippen molar-refractivity contribution in [1.29, 1.82) is 0 Å². The van der Waals surface area contributed by atoms with Crippen LogP contribution in [0.2, 0.25) is 4.34 Å². The van der Waals surface area contributed by atoms with Crippen molar-refractivity contribution in [2.45, 2.75) is 19.5 Å². The molecule has 1 heterocycles. The summed E-state index contributed by atoms with van der Waals surface area (Å²) in [6.45, 7) is 3.08. The van der Waals surface area contributed by atoms with Crippen LogP contribution in [0.3, 0.4) is 0 Å². The highest BCUT2D eigenvalue weighted by Crippen LogP contribution is 2.26. The number of hydrogen-bond acceptors (Lipinski definition) is 3. The Morgan fingerprint density at radius 1 is 1.33 bits per heavy atom. The van der Waals surface area contributed by atoms with Crippen LogP contribution in [0.1, 0.15) is 23.4 Å². The molecular weight excluding hydrogens is 264 g/mol. The highest BCUT2D eigenvalue weighted by Gasteiger charge is 2.13. The summed E-state index contributed by atoms with van der Waals surface area (Å²) < 4.78 is 0.843. The first-order chi connectivity index (χ1) is 8.56. The van der Waals surface area contributed by atoms with Crippen molar-refractivity contribution < 1.29 is 0 Å². The highest BCUT2D eigenvalue weighted by molar-refractivity contribution is 7.16. The van der Waals surface area contributed by atoms with Gasteiger partial charge in [0.25, 0.3) is 0 Å². The zero-order valence-corrected chi connectivity index (χ0v) is 12.1. The standard InChI is InChI=1S/C14H17ClN2S/c1-10(11-4-3-5-12(16)8-11)17(2)9-13-6-7-14(15)18-13/h3-8,10H,9,16H2,1-2H3. The summed E-state index contributed by atoms with van der Waals surface area (Å²) in [5.41, 5.74) is 7.87. The van der Waals surface area contributed by atoms with Crippen molar-refractivity contribution in [1.82, 2.24) is 4.90 Å². The Bertz CT molecular complexity index is 524. The molecule has 0 bridgehead atoms. The van der Waals surface area contributed by atoms with Gasteiger partial charge in [-0.3, -0.25) is 4.90 Å². The lowest BCUT2D eigenvalue weighted by molar-refractivity contribution is 0.255. The first-order valence-electron chi connectivity index (χ1n) is 5.86. The third-order valence-corrected chi connectivity index (χ3v) is 4.30. The van der Waals surface area contributed by atoms with Gasteiger partial charge in [0.2, 0.25) is 0 Å². The average molecular weight is 281 g/mol. The summed E-state index contributed by atoms with van der Waals surface area (Å²) in [4.78, 5) is 3.56. The van der Waals surface area contributed by atoms with E-state index in [4.69, 9.17) is 17.3 Å². The molecule has 2 aromatic rings. The number of nitrogens with zero attached hydrogens (tertiary/aromatic N) is 1. The minimum atomic E-state index is 0.328. The van der Waals surface area contributed by atoms with Gasteiger partial charge in [-0.15, -0.1) is 11.3 Å². The maximum Gasteiger partial charge on any atom is 0.0931 e. The van der Waals surface area contributed by atoms with Crippen LogP contribution in [0.15, 0.2) is 36.4 Å². The Kier molecular flexibility index (Phi) is 4.27. The van der Waals surface area contributed by atoms with E-state index >= 15 is 0 Å². The number of rotatable bonds is 4. The van der Waals surface area contributed by atoms with Gasteiger partial charge in [0.15, 0.2) is 0 Å². The molecule has 0 fully saturated rings. The van der Waals surface area contributed by atoms with E-state index in [-0.39, 0.29) is 0 Å². The first-order valence-corrected chi connectivity index (χ1v) is 7.05. The molecular formula is C14H17ClN2S. The van der Waals surface area contributed by atoms with Gasteiger partial charge < -0.3 is 5.73 Å². The van der Waals surface area contributed by atoms with Gasteiger partial charge in [-0.2, -0.15) is 0 Å². The zero-order chi connectivity index (χ0) is 13.1. The molecule has 0 aliphatic carbocycles. The molecule has 0 amide bonds. The fourth-order valence-electron chi connectivity index (χ4n) is 1.89. The molecule has 0 aliphatic rings. The van der Waals surface area contributed by atoms with E-state index in [1.54, 1.807) is 11.3 Å². The van der Waals surface area contributed by atoms with E-state index < -0.39 is 0 Å². The third-order valence-electron chi connectivity index (χ3n) is 3.09. The molecule has 1 unspecified atom stereocenters. The predicted octanol–water partition coefficient (Wildman–Crippen LogP) is 4.18. The molecule has 96 valence electrons. The number of nitrogens with two attached hydrogens (primary N) is 1. The molecule has 1 aromatic carbocycles. The summed E-state index contributed by atoms with van der Waals surface area (Å²) in [6, 6.07) is 12.4. The van der Waals surface area contributed by atoms with Gasteiger partial charge >= 0.3 is 0 Å². The van der Waals surface area contributed by atoms with E-state index in [9.17, 15) is 0 Å². The molecule has 18 heavy (non-hydrogen) atoms. The zero-order valence-electron chi connectivity index (χ0n) is 10.6. The lowest BCUT2D eigenvalue weighted by Crippen LogP contribution is -2.21. The molecule has 0 spiro atoms. The van der Waals surface area contributed by atoms with Crippen LogP contribution in [0, 0.1) is 0 Å². The second-order valence-electron chi connectivity index (χ2n) is 4.47. The number of hydrogen-bond donors (Lipinski definition) is 1. The topological polar surface area (TPSA) is 29.3 Å². The number of anilines is 1. The Morgan fingerprint density at radius 3 is 2.72 bits per heavy atom. The van der Waals surface area contributed by atoms with Crippen molar-refractivity contribution in [2.24, 2.45) is 0 Å². The molecule has 2 nitrogen and oxygen atoms in total. The van der Waals surface area contributed by atoms with Gasteiger partial charge in [-0.25, -0.2) is 0 Å². The van der Waals surface area contributed by atoms with Crippen molar-refractivity contribution in [3.8, 4) is 0 Å². The molecule has 0 aliphatic heterocycles. The summed E-state index contributed by atoms with van der Waals surface area (Å²) >= 11 is 7.58. The van der Waals surface area contributed by atoms with Crippen LogP contribution < -0.4 is 5.73 Å². The minimum Gasteiger partial charge on any atom is -0.399 e. The maximum atomic E-state index is 5.94. The molecule has 1 aromatic heterocycles. The Hall–Kier alpha value is -1.03. The fraction of sp³-hybridized carbons (Fsp3) is 0.286. The van der Waals surface area contributed by atoms with Crippen LogP contribution in [0.4, 0.5) is 5.69 Å². The summed E-state index contributed by atoms with van der Waals surface area (Å²) in [5, 5.41) is 0. The van der Waals surface area contributed by atoms with Crippen molar-refractivity contribution >= 4 is 28.6 Å². The van der Waals surface area contributed by atoms with Crippen LogP contribution >= 0.6 is 22.9 Å². The molecule has 0 saturated heterocycles. The van der Waals surface area contributed by atoms with Crippen LogP contribution in [-0.4, -0.2) is 11.9 Å². The average Bonchev–Trinajstić information content (AvgIpc) is 2.73. The lowest BCUT2D eigenvalue weighted by Gasteiger charge is -2.24. The van der Waals surface area contributed by atoms with Gasteiger partial charge in [0, 0.05) is 23.2 Å². The smallest absolute Gasteiger partial charge is 0.0931 e. The van der Waals surface area contributed by atoms with Crippen LogP contribution in [0.5, 0.6) is 0 Å². The first kappa shape index (κ1) is 13.4. The SMILES string of the molecule is CC(c1cccc(N)c1)N(C)Cc1ccc(Cl)s1. The van der Waals surface area contributed by atoms with Gasteiger partial charge in [-0.05, 0) is 43.8 Å². The second-order valence-corrected chi connectivity index (χ2v) is 6.27. The van der Waals surface area contributed by atoms with Crippen LogP contribution in [-0.2, 0) is 6.54 Å². The van der Waals surface area contributed by atoms with Gasteiger partial charge in [0.05, 0.1) is 4.34 Å². The number of thiophene rings is 1. The third kappa shape index (κ3) is 3.25. The molecule has 4 heteroatoms. The highest BCUT2D eigenvalue weighted by atomic mass is 35.5. The fourth-order valence-corrected chi connectivity index (χ4v) is 3.04. The molecule has 0 radical (unpaired) electrons. The lowest BCUT2D eigenvalue weighted by atomic mass is 10.1. The summed E-state index contributed by atoms with van der Waals surface area (Å²) in [7, 11) is 2.11. The van der Waals surface area contributed by atoms with E-state index in [0.717, 1.165) is 16.6 Å². The quantitative estimate of drug-likeness (QED) is 0.852. The molecule has 2 N–H and O–H groups in total. The van der Waals surface area contributed by atoms with Crippen LogP contribution in [0.25, 0.3) is 0 Å². The predicted molar refractivity (Wildman–Crippen MR) is 80.1 cm³/mol. The van der Waals surface area contributed by atoms with E-state index in [0.29, 0.717) is 6.04 Å². The van der Waals surface area contributed by atoms with Crippen molar-refractivity contribution in [2.75, 3.05) is 12.8 Å². The Balaban J connectivity index is 2.06. The molecule has 2 rings (SSSR count). The van der Waals surface area contributed by atoms with Gasteiger partial charge in [0.1, 0.15) is 0 Å². The maximum absolute atomic E-state index is 5.94. The van der Waals surface area contributed by atoms with Crippen molar-refractivity contribution in [3.05, 3.63) is 51.2 Å². The number of halogens is 1. The number of benzene rings is 1. The Morgan fingerprint density at radius 2 is 2.11 bits per heavy atom. The normalized spacial score (nSPS) is 12.9. The van der Waals surface area contributed by atoms with Gasteiger partial charge in [-0.1, -0.05) is 23.7 Å². The van der Waals surface area contributed by atoms with E-state index in [1.807, 2.05) is 24.3 Å². The van der Waals surface area contributed by atoms with E-state index in [2.05, 4.69) is 31.0 Å². The number of nitrogen functional groups attached to an aromatic ring is 1. The monoisotopic (exact) mass is 280 g/mol. The molecule has 1 atom stereocenters. The summed E-state index contributed by atoms with van der Waals surface area (Å²) in [5.74, 6) is 0.